The summed E-state index contributed by atoms with van der Waals surface area (Å²) in [6, 6.07) is 0.466. The first-order valence-electron chi connectivity index (χ1n) is 5.87. The van der Waals surface area contributed by atoms with Crippen molar-refractivity contribution >= 4 is 0 Å². The highest BCUT2D eigenvalue weighted by atomic mass is 14.9. The van der Waals surface area contributed by atoms with E-state index in [0.29, 0.717) is 6.04 Å². The number of fused-ring (bicyclic) bond motifs is 1. The van der Waals surface area contributed by atoms with E-state index < -0.39 is 0 Å². The van der Waals surface area contributed by atoms with E-state index in [0.717, 1.165) is 18.8 Å². The van der Waals surface area contributed by atoms with Crippen LogP contribution >= 0.6 is 0 Å². The first kappa shape index (κ1) is 10.6. The fraction of sp³-hybridized carbons (Fsp3) is 0.667. The predicted octanol–water partition coefficient (Wildman–Crippen LogP) is 2.16. The van der Waals surface area contributed by atoms with E-state index in [9.17, 15) is 0 Å². The van der Waals surface area contributed by atoms with E-state index in [1.165, 1.54) is 30.5 Å². The van der Waals surface area contributed by atoms with Gasteiger partial charge >= 0.3 is 0 Å². The highest BCUT2D eigenvalue weighted by Crippen LogP contribution is 2.26. The fourth-order valence-corrected chi connectivity index (χ4v) is 2.27. The highest BCUT2D eigenvalue weighted by Gasteiger charge is 2.19. The van der Waals surface area contributed by atoms with Gasteiger partial charge < -0.3 is 5.32 Å². The van der Waals surface area contributed by atoms with Gasteiger partial charge in [-0.15, -0.1) is 0 Å². The van der Waals surface area contributed by atoms with Gasteiger partial charge in [0.25, 0.3) is 0 Å². The standard InChI is InChI=1S/C12H19N3/c1-3-13-11-6-4-5-7-12-10(11)8-14-9(2)15-12/h8,11,13H,3-7H2,1-2H3. The van der Waals surface area contributed by atoms with Gasteiger partial charge in [-0.25, -0.2) is 9.97 Å². The molecule has 3 nitrogen and oxygen atoms in total. The fourth-order valence-electron chi connectivity index (χ4n) is 2.27. The average Bonchev–Trinajstić information content (AvgIpc) is 2.41. The molecular weight excluding hydrogens is 186 g/mol. The van der Waals surface area contributed by atoms with Crippen molar-refractivity contribution in [2.45, 2.75) is 45.6 Å². The molecule has 1 atom stereocenters. The number of aromatic nitrogens is 2. The van der Waals surface area contributed by atoms with Gasteiger partial charge in [-0.1, -0.05) is 13.3 Å². The Morgan fingerprint density at radius 2 is 2.33 bits per heavy atom. The second-order valence-electron chi connectivity index (χ2n) is 4.18. The minimum atomic E-state index is 0.466. The van der Waals surface area contributed by atoms with Crippen LogP contribution in [0.25, 0.3) is 0 Å². The number of aryl methyl sites for hydroxylation is 2. The summed E-state index contributed by atoms with van der Waals surface area (Å²) in [4.78, 5) is 8.87. The summed E-state index contributed by atoms with van der Waals surface area (Å²) in [5.74, 6) is 0.894. The summed E-state index contributed by atoms with van der Waals surface area (Å²) in [6.07, 6.45) is 6.88. The summed E-state index contributed by atoms with van der Waals surface area (Å²) in [5.41, 5.74) is 2.57. The van der Waals surface area contributed by atoms with Gasteiger partial charge in [0, 0.05) is 23.5 Å². The third-order valence-corrected chi connectivity index (χ3v) is 3.00. The number of nitrogens with one attached hydrogen (secondary N) is 1. The van der Waals surface area contributed by atoms with Crippen molar-refractivity contribution in [3.05, 3.63) is 23.3 Å². The number of hydrogen-bond donors (Lipinski definition) is 1. The number of nitrogens with zero attached hydrogens (tertiary/aromatic N) is 2. The molecule has 0 spiro atoms. The van der Waals surface area contributed by atoms with Crippen molar-refractivity contribution in [1.82, 2.24) is 15.3 Å². The molecule has 0 saturated carbocycles. The summed E-state index contributed by atoms with van der Waals surface area (Å²) >= 11 is 0. The Morgan fingerprint density at radius 1 is 1.47 bits per heavy atom. The zero-order chi connectivity index (χ0) is 10.7. The molecule has 2 rings (SSSR count). The van der Waals surface area contributed by atoms with Crippen LogP contribution in [0.4, 0.5) is 0 Å². The molecular formula is C12H19N3. The molecule has 1 unspecified atom stereocenters. The van der Waals surface area contributed by atoms with Gasteiger partial charge in [-0.3, -0.25) is 0 Å². The molecule has 3 heteroatoms. The van der Waals surface area contributed by atoms with Crippen LogP contribution in [0, 0.1) is 6.92 Å². The quantitative estimate of drug-likeness (QED) is 0.752. The Balaban J connectivity index is 2.32. The van der Waals surface area contributed by atoms with Crippen LogP contribution in [-0.4, -0.2) is 16.5 Å². The molecule has 1 aliphatic rings. The van der Waals surface area contributed by atoms with Gasteiger partial charge in [0.15, 0.2) is 0 Å². The molecule has 0 saturated heterocycles. The third kappa shape index (κ3) is 2.34. The maximum Gasteiger partial charge on any atom is 0.125 e. The van der Waals surface area contributed by atoms with Crippen molar-refractivity contribution in [2.24, 2.45) is 0 Å². The highest BCUT2D eigenvalue weighted by molar-refractivity contribution is 5.23. The lowest BCUT2D eigenvalue weighted by atomic mass is 10.1. The second-order valence-corrected chi connectivity index (χ2v) is 4.18. The van der Waals surface area contributed by atoms with Crippen molar-refractivity contribution in [1.29, 1.82) is 0 Å². The molecule has 82 valence electrons. The molecule has 1 N–H and O–H groups in total. The second kappa shape index (κ2) is 4.71. The lowest BCUT2D eigenvalue weighted by molar-refractivity contribution is 0.502. The van der Waals surface area contributed by atoms with E-state index in [1.807, 2.05) is 13.1 Å². The summed E-state index contributed by atoms with van der Waals surface area (Å²) in [5, 5.41) is 3.52. The molecule has 0 radical (unpaired) electrons. The number of hydrogen-bond acceptors (Lipinski definition) is 3. The molecule has 1 aromatic heterocycles. The monoisotopic (exact) mass is 205 g/mol. The lowest BCUT2D eigenvalue weighted by Gasteiger charge is -2.17. The molecule has 0 amide bonds. The first-order chi connectivity index (χ1) is 7.31. The normalized spacial score (nSPS) is 20.8. The minimum Gasteiger partial charge on any atom is -0.310 e. The Labute approximate surface area is 91.3 Å². The van der Waals surface area contributed by atoms with Gasteiger partial charge in [0.2, 0.25) is 0 Å². The van der Waals surface area contributed by atoms with Crippen LogP contribution in [0.1, 0.15) is 49.3 Å². The third-order valence-electron chi connectivity index (χ3n) is 3.00. The molecule has 0 aliphatic heterocycles. The van der Waals surface area contributed by atoms with Crippen LogP contribution < -0.4 is 5.32 Å². The van der Waals surface area contributed by atoms with Crippen molar-refractivity contribution in [3.8, 4) is 0 Å². The summed E-state index contributed by atoms with van der Waals surface area (Å²) in [6.45, 7) is 5.13. The lowest BCUT2D eigenvalue weighted by Crippen LogP contribution is -2.21. The molecule has 0 bridgehead atoms. The van der Waals surface area contributed by atoms with E-state index in [2.05, 4.69) is 22.2 Å². The van der Waals surface area contributed by atoms with E-state index in [-0.39, 0.29) is 0 Å². The predicted molar refractivity (Wildman–Crippen MR) is 60.7 cm³/mol. The van der Waals surface area contributed by atoms with Crippen molar-refractivity contribution in [2.75, 3.05) is 6.54 Å². The van der Waals surface area contributed by atoms with Gasteiger partial charge in [-0.05, 0) is 32.7 Å². The Kier molecular flexibility index (Phi) is 3.31. The Hall–Kier alpha value is -0.960. The number of rotatable bonds is 2. The van der Waals surface area contributed by atoms with Crippen LogP contribution in [-0.2, 0) is 6.42 Å². The molecule has 0 aromatic carbocycles. The molecule has 1 aliphatic carbocycles. The Bertz CT molecular complexity index is 336. The maximum atomic E-state index is 4.56. The van der Waals surface area contributed by atoms with Crippen LogP contribution in [0.15, 0.2) is 6.20 Å². The average molecular weight is 205 g/mol. The van der Waals surface area contributed by atoms with Crippen LogP contribution in [0.3, 0.4) is 0 Å². The molecule has 0 fully saturated rings. The maximum absolute atomic E-state index is 4.56. The Morgan fingerprint density at radius 3 is 3.13 bits per heavy atom. The van der Waals surface area contributed by atoms with E-state index in [4.69, 9.17) is 0 Å². The largest absolute Gasteiger partial charge is 0.310 e. The zero-order valence-corrected chi connectivity index (χ0v) is 9.58. The zero-order valence-electron chi connectivity index (χ0n) is 9.58. The van der Waals surface area contributed by atoms with Gasteiger partial charge in [0.1, 0.15) is 5.82 Å². The van der Waals surface area contributed by atoms with Crippen LogP contribution in [0.2, 0.25) is 0 Å². The summed E-state index contributed by atoms with van der Waals surface area (Å²) in [7, 11) is 0. The van der Waals surface area contributed by atoms with Gasteiger partial charge in [0.05, 0.1) is 0 Å². The smallest absolute Gasteiger partial charge is 0.125 e. The SMILES string of the molecule is CCNC1CCCCc2nc(C)ncc21. The minimum absolute atomic E-state index is 0.466. The summed E-state index contributed by atoms with van der Waals surface area (Å²) < 4.78 is 0. The first-order valence-corrected chi connectivity index (χ1v) is 5.87. The topological polar surface area (TPSA) is 37.8 Å². The van der Waals surface area contributed by atoms with E-state index >= 15 is 0 Å². The molecule has 1 aromatic rings. The molecule has 15 heavy (non-hydrogen) atoms. The van der Waals surface area contributed by atoms with Crippen molar-refractivity contribution < 1.29 is 0 Å². The van der Waals surface area contributed by atoms with Crippen LogP contribution in [0.5, 0.6) is 0 Å². The van der Waals surface area contributed by atoms with Gasteiger partial charge in [-0.2, -0.15) is 0 Å². The van der Waals surface area contributed by atoms with Crippen molar-refractivity contribution in [3.63, 3.8) is 0 Å². The van der Waals surface area contributed by atoms with E-state index in [1.54, 1.807) is 0 Å². The molecule has 1 heterocycles.